The van der Waals surface area contributed by atoms with Crippen molar-refractivity contribution in [3.63, 3.8) is 0 Å². The van der Waals surface area contributed by atoms with E-state index < -0.39 is 0 Å². The molecule has 1 N–H and O–H groups in total. The molecule has 0 amide bonds. The maximum Gasteiger partial charge on any atom is 0.300 e. The number of pyridine rings is 1. The fourth-order valence-electron chi connectivity index (χ4n) is 4.88. The summed E-state index contributed by atoms with van der Waals surface area (Å²) in [6, 6.07) is 17.2. The van der Waals surface area contributed by atoms with E-state index in [1.54, 1.807) is 32.5 Å². The number of likely N-dealkylation sites (tertiary alicyclic amines) is 1. The number of nitrogens with one attached hydrogen (secondary N) is 1. The highest BCUT2D eigenvalue weighted by Gasteiger charge is 2.22. The number of hydrogen-bond acceptors (Lipinski definition) is 9. The molecule has 1 aliphatic rings. The zero-order chi connectivity index (χ0) is 27.6. The Bertz CT molecular complexity index is 1670. The van der Waals surface area contributed by atoms with Gasteiger partial charge in [-0.3, -0.25) is 4.98 Å². The largest absolute Gasteiger partial charge is 0.493 e. The Labute approximate surface area is 236 Å². The Kier molecular flexibility index (Phi) is 7.23. The number of anilines is 2. The first-order chi connectivity index (χ1) is 19.5. The van der Waals surface area contributed by atoms with Crippen LogP contribution in [0.15, 0.2) is 65.2 Å². The molecule has 1 aliphatic heterocycles. The van der Waals surface area contributed by atoms with Gasteiger partial charge in [-0.05, 0) is 62.8 Å². The Balaban J connectivity index is 1.20. The van der Waals surface area contributed by atoms with Gasteiger partial charge in [0.15, 0.2) is 17.1 Å². The zero-order valence-electron chi connectivity index (χ0n) is 22.4. The first-order valence-corrected chi connectivity index (χ1v) is 13.4. The number of aromatic nitrogens is 2. The van der Waals surface area contributed by atoms with Gasteiger partial charge in [0.2, 0.25) is 0 Å². The number of methoxy groups -OCH3 is 2. The SMILES string of the molecule is COc1cc2nccc(Oc3ccc4oc(Nc5ccc(Cl)c(OCC6CCCN6C)c5)nc4c3)c2cc1OC. The standard InChI is InChI=1S/C30H29ClN4O5/c1-35-12-4-5-19(35)17-38-27-13-18(6-8-22(27)31)33-30-34-24-14-20(7-9-26(24)40-30)39-25-10-11-32-23-16-29(37-3)28(36-2)15-21(23)25/h6-11,13-16,19H,4-5,12,17H2,1-3H3,(H,33,34). The third-order valence-corrected chi connectivity index (χ3v) is 7.39. The summed E-state index contributed by atoms with van der Waals surface area (Å²) in [5.41, 5.74) is 2.75. The van der Waals surface area contributed by atoms with Crippen molar-refractivity contribution in [1.82, 2.24) is 14.9 Å². The van der Waals surface area contributed by atoms with Crippen molar-refractivity contribution in [2.24, 2.45) is 0 Å². The molecule has 10 heteroatoms. The summed E-state index contributed by atoms with van der Waals surface area (Å²) < 4.78 is 29.1. The number of fused-ring (bicyclic) bond motifs is 2. The van der Waals surface area contributed by atoms with E-state index in [4.69, 9.17) is 35.0 Å². The highest BCUT2D eigenvalue weighted by molar-refractivity contribution is 6.32. The summed E-state index contributed by atoms with van der Waals surface area (Å²) in [6.45, 7) is 1.69. The van der Waals surface area contributed by atoms with Crippen LogP contribution in [-0.4, -0.2) is 55.3 Å². The summed E-state index contributed by atoms with van der Waals surface area (Å²) in [4.78, 5) is 11.4. The maximum absolute atomic E-state index is 6.40. The van der Waals surface area contributed by atoms with E-state index in [1.165, 1.54) is 6.42 Å². The average molecular weight is 561 g/mol. The minimum atomic E-state index is 0.349. The van der Waals surface area contributed by atoms with Gasteiger partial charge in [-0.25, -0.2) is 0 Å². The minimum Gasteiger partial charge on any atom is -0.493 e. The topological polar surface area (TPSA) is 91.1 Å². The van der Waals surface area contributed by atoms with E-state index in [-0.39, 0.29) is 0 Å². The molecular weight excluding hydrogens is 532 g/mol. The Morgan fingerprint density at radius 2 is 1.82 bits per heavy atom. The molecule has 0 radical (unpaired) electrons. The van der Waals surface area contributed by atoms with Crippen molar-refractivity contribution in [2.45, 2.75) is 18.9 Å². The molecule has 1 unspecified atom stereocenters. The Morgan fingerprint density at radius 1 is 0.975 bits per heavy atom. The van der Waals surface area contributed by atoms with Crippen molar-refractivity contribution < 1.29 is 23.4 Å². The number of rotatable bonds is 9. The lowest BCUT2D eigenvalue weighted by Gasteiger charge is -2.20. The van der Waals surface area contributed by atoms with Crippen LogP contribution >= 0.6 is 11.6 Å². The molecule has 206 valence electrons. The highest BCUT2D eigenvalue weighted by atomic mass is 35.5. The van der Waals surface area contributed by atoms with Crippen LogP contribution in [0.3, 0.4) is 0 Å². The molecule has 40 heavy (non-hydrogen) atoms. The third kappa shape index (κ3) is 5.30. The number of ether oxygens (including phenoxy) is 4. The van der Waals surface area contributed by atoms with Gasteiger partial charge in [0.1, 0.15) is 29.4 Å². The first-order valence-electron chi connectivity index (χ1n) is 13.0. The van der Waals surface area contributed by atoms with Crippen molar-refractivity contribution in [3.05, 3.63) is 65.8 Å². The second-order valence-electron chi connectivity index (χ2n) is 9.64. The van der Waals surface area contributed by atoms with Gasteiger partial charge < -0.3 is 33.6 Å². The van der Waals surface area contributed by atoms with Crippen LogP contribution in [0.1, 0.15) is 12.8 Å². The van der Waals surface area contributed by atoms with E-state index in [0.717, 1.165) is 29.6 Å². The van der Waals surface area contributed by atoms with Crippen molar-refractivity contribution >= 4 is 45.3 Å². The summed E-state index contributed by atoms with van der Waals surface area (Å²) in [6.07, 6.45) is 4.00. The lowest BCUT2D eigenvalue weighted by molar-refractivity contribution is 0.198. The molecule has 2 aromatic heterocycles. The molecule has 0 saturated carbocycles. The molecule has 1 saturated heterocycles. The number of nitrogens with zero attached hydrogens (tertiary/aromatic N) is 3. The van der Waals surface area contributed by atoms with Gasteiger partial charge in [0, 0.05) is 41.5 Å². The second-order valence-corrected chi connectivity index (χ2v) is 10.0. The number of halogens is 1. The zero-order valence-corrected chi connectivity index (χ0v) is 23.2. The highest BCUT2D eigenvalue weighted by Crippen LogP contribution is 2.38. The lowest BCUT2D eigenvalue weighted by atomic mass is 10.2. The molecule has 1 atom stereocenters. The van der Waals surface area contributed by atoms with Gasteiger partial charge in [0.05, 0.1) is 24.8 Å². The predicted molar refractivity (Wildman–Crippen MR) is 155 cm³/mol. The monoisotopic (exact) mass is 560 g/mol. The molecule has 3 heterocycles. The fraction of sp³-hybridized carbons (Fsp3) is 0.267. The van der Waals surface area contributed by atoms with Crippen LogP contribution in [0.4, 0.5) is 11.7 Å². The molecule has 6 rings (SSSR count). The summed E-state index contributed by atoms with van der Waals surface area (Å²) in [5.74, 6) is 3.05. The van der Waals surface area contributed by atoms with Crippen molar-refractivity contribution in [2.75, 3.05) is 39.7 Å². The van der Waals surface area contributed by atoms with Gasteiger partial charge >= 0.3 is 0 Å². The predicted octanol–water partition coefficient (Wildman–Crippen LogP) is 7.06. The number of oxazole rings is 1. The number of benzene rings is 3. The van der Waals surface area contributed by atoms with Crippen LogP contribution in [0.25, 0.3) is 22.0 Å². The van der Waals surface area contributed by atoms with Gasteiger partial charge in [-0.15, -0.1) is 0 Å². The van der Waals surface area contributed by atoms with E-state index in [1.807, 2.05) is 42.5 Å². The molecule has 0 bridgehead atoms. The van der Waals surface area contributed by atoms with E-state index in [0.29, 0.717) is 63.5 Å². The molecular formula is C30H29ClN4O5. The summed E-state index contributed by atoms with van der Waals surface area (Å²) in [5, 5.41) is 4.57. The van der Waals surface area contributed by atoms with Crippen LogP contribution in [0, 0.1) is 0 Å². The normalized spacial score (nSPS) is 15.4. The molecule has 1 fully saturated rings. The van der Waals surface area contributed by atoms with E-state index in [2.05, 4.69) is 27.2 Å². The second kappa shape index (κ2) is 11.1. The molecule has 0 aliphatic carbocycles. The Morgan fingerprint density at radius 3 is 2.62 bits per heavy atom. The Hall–Kier alpha value is -4.21. The third-order valence-electron chi connectivity index (χ3n) is 7.08. The molecule has 5 aromatic rings. The van der Waals surface area contributed by atoms with E-state index >= 15 is 0 Å². The van der Waals surface area contributed by atoms with Crippen molar-refractivity contribution in [1.29, 1.82) is 0 Å². The summed E-state index contributed by atoms with van der Waals surface area (Å²) in [7, 11) is 5.31. The van der Waals surface area contributed by atoms with Gasteiger partial charge in [-0.2, -0.15) is 4.98 Å². The van der Waals surface area contributed by atoms with Crippen LogP contribution < -0.4 is 24.3 Å². The lowest BCUT2D eigenvalue weighted by Crippen LogP contribution is -2.30. The molecule has 9 nitrogen and oxygen atoms in total. The quantitative estimate of drug-likeness (QED) is 0.203. The van der Waals surface area contributed by atoms with Crippen LogP contribution in [-0.2, 0) is 0 Å². The average Bonchev–Trinajstić information content (AvgIpc) is 3.57. The van der Waals surface area contributed by atoms with E-state index in [9.17, 15) is 0 Å². The van der Waals surface area contributed by atoms with Crippen LogP contribution in [0.2, 0.25) is 5.02 Å². The minimum absolute atomic E-state index is 0.349. The molecule has 3 aromatic carbocycles. The van der Waals surface area contributed by atoms with Gasteiger partial charge in [0.25, 0.3) is 6.01 Å². The smallest absolute Gasteiger partial charge is 0.300 e. The first kappa shape index (κ1) is 26.0. The summed E-state index contributed by atoms with van der Waals surface area (Å²) >= 11 is 6.40. The van der Waals surface area contributed by atoms with Crippen LogP contribution in [0.5, 0.6) is 28.7 Å². The molecule has 0 spiro atoms. The van der Waals surface area contributed by atoms with Gasteiger partial charge in [-0.1, -0.05) is 11.6 Å². The number of hydrogen-bond donors (Lipinski definition) is 1. The number of likely N-dealkylation sites (N-methyl/N-ethyl adjacent to an activating group) is 1. The fourth-order valence-corrected chi connectivity index (χ4v) is 5.05. The maximum atomic E-state index is 6.40. The van der Waals surface area contributed by atoms with Crippen molar-refractivity contribution in [3.8, 4) is 28.7 Å².